The summed E-state index contributed by atoms with van der Waals surface area (Å²) in [5.74, 6) is 4.19. The van der Waals surface area contributed by atoms with Crippen LogP contribution in [0.3, 0.4) is 0 Å². The molecular formula is C57H78N10O7S. The summed E-state index contributed by atoms with van der Waals surface area (Å²) in [6, 6.07) is 7.40. The van der Waals surface area contributed by atoms with Crippen LogP contribution in [-0.4, -0.2) is 160 Å². The lowest BCUT2D eigenvalue weighted by Crippen LogP contribution is -2.62. The number of likely N-dealkylation sites (N-methyl/N-ethyl adjacent to an activating group) is 1. The summed E-state index contributed by atoms with van der Waals surface area (Å²) in [6.45, 7) is 19.5. The average molecular weight is 1050 g/mol. The number of nitrogens with one attached hydrogen (secondary N) is 2. The molecule has 75 heavy (non-hydrogen) atoms. The maximum absolute atomic E-state index is 14.8. The van der Waals surface area contributed by atoms with Crippen LogP contribution in [0.5, 0.6) is 0 Å². The Bertz CT molecular complexity index is 2850. The predicted molar refractivity (Wildman–Crippen MR) is 291 cm³/mol. The fourth-order valence-electron chi connectivity index (χ4n) is 11.2. The van der Waals surface area contributed by atoms with Gasteiger partial charge in [-0.05, 0) is 127 Å². The van der Waals surface area contributed by atoms with Crippen LogP contribution in [0.4, 0.5) is 4.79 Å². The number of cyclic esters (lactones) is 1. The highest BCUT2D eigenvalue weighted by molar-refractivity contribution is 7.10. The molecule has 4 aliphatic rings. The van der Waals surface area contributed by atoms with E-state index in [1.54, 1.807) is 25.3 Å². The van der Waals surface area contributed by atoms with Crippen molar-refractivity contribution in [2.75, 3.05) is 67.6 Å². The highest BCUT2D eigenvalue weighted by atomic mass is 32.1. The van der Waals surface area contributed by atoms with Gasteiger partial charge in [0.2, 0.25) is 5.91 Å². The summed E-state index contributed by atoms with van der Waals surface area (Å²) in [7, 11) is 7.22. The maximum Gasteiger partial charge on any atom is 0.324 e. The molecule has 0 aliphatic carbocycles. The molecule has 0 unspecified atom stereocenters. The molecule has 7 heterocycles. The Morgan fingerprint density at radius 2 is 1.76 bits per heavy atom. The van der Waals surface area contributed by atoms with Crippen LogP contribution in [-0.2, 0) is 48.0 Å². The van der Waals surface area contributed by atoms with Crippen LogP contribution in [0.2, 0.25) is 0 Å². The standard InChI is InChI=1S/C57H78N10O7S/c1-13-66-45-19-18-38-30-40(45)41(50(66)39-16-14-25-58-48(39)37(4)73-12)32-55(5,6)35-74-53(71)42-17-15-26-67(61-42)52(70)43(31-46-59-44(38)33-75-46)60-51(69)49(36(2)3)63(11)54(72)64-27-22-57(23-28-64)24-29-65(34-57)47(68)20-21-56(7,8)62(9)10/h14,16,18-19,25,30,33,36-37,42-43,49,61H,13,15,17,22-24,26-29,31-32,34-35H2,1-12H3,(H,60,69)/t37-,42-,43-,49-/m0/s1. The number of fused-ring (bicyclic) bond motifs is 6. The van der Waals surface area contributed by atoms with Crippen molar-refractivity contribution < 1.29 is 33.4 Å². The summed E-state index contributed by atoms with van der Waals surface area (Å²) < 4.78 is 14.3. The Morgan fingerprint density at radius 3 is 2.44 bits per heavy atom. The largest absolute Gasteiger partial charge is 0.464 e. The van der Waals surface area contributed by atoms with Gasteiger partial charge in [0.05, 0.1) is 40.3 Å². The Hall–Kier alpha value is -5.87. The first-order chi connectivity index (χ1) is 35.6. The van der Waals surface area contributed by atoms with Gasteiger partial charge in [0.15, 0.2) is 0 Å². The molecule has 8 rings (SSSR count). The smallest absolute Gasteiger partial charge is 0.324 e. The van der Waals surface area contributed by atoms with Crippen molar-refractivity contribution >= 4 is 52.0 Å². The van der Waals surface area contributed by atoms with Crippen LogP contribution < -0.4 is 10.7 Å². The number of aromatic nitrogens is 3. The molecule has 1 aromatic carbocycles. The van der Waals surface area contributed by atoms with Crippen LogP contribution in [0, 0.1) is 28.6 Å². The number of methoxy groups -OCH3 is 1. The van der Waals surface area contributed by atoms with Gasteiger partial charge in [-0.2, -0.15) is 0 Å². The molecule has 1 spiro atoms. The van der Waals surface area contributed by atoms with Crippen molar-refractivity contribution in [2.45, 2.75) is 137 Å². The van der Waals surface area contributed by atoms with Gasteiger partial charge in [-0.25, -0.2) is 15.2 Å². The van der Waals surface area contributed by atoms with Crippen molar-refractivity contribution in [3.05, 3.63) is 58.2 Å². The van der Waals surface area contributed by atoms with Crippen molar-refractivity contribution in [3.8, 4) is 34.4 Å². The SMILES string of the molecule is CCn1c(-c2cccnc2[C@H](C)OC)c2c3cc(ccc31)-c1csc(n1)C[C@H](NC(=O)[C@H](C(C)C)N(C)C(=O)N1CCC3(CCN(C(=O)C#CC(C)(C)N(C)C)C3)CC1)C(=O)N1CCC[C@H](N1)C(=O)OCC(C)(C)C2. The monoisotopic (exact) mass is 1050 g/mol. The van der Waals surface area contributed by atoms with Crippen LogP contribution in [0.25, 0.3) is 33.4 Å². The zero-order valence-electron chi connectivity index (χ0n) is 46.2. The third-order valence-electron chi connectivity index (χ3n) is 16.2. The average Bonchev–Trinajstić information content (AvgIpc) is 4.14. The van der Waals surface area contributed by atoms with Gasteiger partial charge in [0.1, 0.15) is 18.1 Å². The number of carbonyl (C=O) groups is 5. The molecule has 0 radical (unpaired) electrons. The number of likely N-dealkylation sites (tertiary alicyclic amines) is 2. The van der Waals surface area contributed by atoms with Gasteiger partial charge in [0, 0.05) is 98.9 Å². The minimum atomic E-state index is -1.08. The molecule has 3 fully saturated rings. The van der Waals surface area contributed by atoms with E-state index in [1.807, 2.05) is 70.0 Å². The van der Waals surface area contributed by atoms with E-state index in [9.17, 15) is 24.0 Å². The summed E-state index contributed by atoms with van der Waals surface area (Å²) in [6.07, 6.45) is 5.51. The van der Waals surface area contributed by atoms with Gasteiger partial charge in [0.25, 0.3) is 11.8 Å². The summed E-state index contributed by atoms with van der Waals surface area (Å²) in [5.41, 5.74) is 8.78. The van der Waals surface area contributed by atoms with Crippen molar-refractivity contribution in [1.82, 2.24) is 49.9 Å². The molecule has 6 bridgehead atoms. The second kappa shape index (κ2) is 22.4. The van der Waals surface area contributed by atoms with Crippen LogP contribution >= 0.6 is 11.3 Å². The topological polar surface area (TPSA) is 175 Å². The molecule has 3 saturated heterocycles. The number of pyridine rings is 1. The van der Waals surface area contributed by atoms with Gasteiger partial charge in [-0.15, -0.1) is 11.3 Å². The van der Waals surface area contributed by atoms with E-state index < -0.39 is 46.9 Å². The number of thiazole rings is 1. The number of hydrogen-bond donors (Lipinski definition) is 2. The first kappa shape index (κ1) is 55.4. The summed E-state index contributed by atoms with van der Waals surface area (Å²) in [5, 5.41) is 8.20. The van der Waals surface area contributed by atoms with E-state index in [1.165, 1.54) is 21.2 Å². The van der Waals surface area contributed by atoms with E-state index >= 15 is 0 Å². The lowest BCUT2D eigenvalue weighted by Gasteiger charge is -2.42. The molecule has 18 heteroatoms. The molecule has 4 aromatic rings. The van der Waals surface area contributed by atoms with Crippen LogP contribution in [0.1, 0.15) is 110 Å². The lowest BCUT2D eigenvalue weighted by molar-refractivity contribution is -0.155. The van der Waals surface area contributed by atoms with Gasteiger partial charge in [-0.3, -0.25) is 34.1 Å². The normalized spacial score (nSPS) is 20.9. The lowest BCUT2D eigenvalue weighted by atomic mass is 9.78. The number of aryl methyl sites for hydroxylation is 1. The maximum atomic E-state index is 14.8. The van der Waals surface area contributed by atoms with Crippen LogP contribution in [0.15, 0.2) is 41.9 Å². The van der Waals surface area contributed by atoms with Crippen molar-refractivity contribution in [1.29, 1.82) is 0 Å². The molecule has 17 nitrogen and oxygen atoms in total. The third kappa shape index (κ3) is 11.8. The number of amides is 5. The molecule has 4 atom stereocenters. The van der Waals surface area contributed by atoms with E-state index in [0.29, 0.717) is 63.5 Å². The Morgan fingerprint density at radius 1 is 1.04 bits per heavy atom. The second-order valence-electron chi connectivity index (χ2n) is 23.0. The Kier molecular flexibility index (Phi) is 16.5. The minimum Gasteiger partial charge on any atom is -0.464 e. The first-order valence-corrected chi connectivity index (χ1v) is 27.6. The number of ether oxygens (including phenoxy) is 2. The number of carbonyl (C=O) groups excluding carboxylic acids is 5. The number of hydrogen-bond acceptors (Lipinski definition) is 12. The summed E-state index contributed by atoms with van der Waals surface area (Å²) in [4.78, 5) is 88.1. The molecule has 2 N–H and O–H groups in total. The number of piperidine rings is 1. The zero-order chi connectivity index (χ0) is 54.1. The van der Waals surface area contributed by atoms with Crippen molar-refractivity contribution in [3.63, 3.8) is 0 Å². The number of rotatable bonds is 9. The first-order valence-electron chi connectivity index (χ1n) is 26.7. The van der Waals surface area contributed by atoms with Gasteiger partial charge < -0.3 is 34.1 Å². The van der Waals surface area contributed by atoms with E-state index in [4.69, 9.17) is 19.4 Å². The second-order valence-corrected chi connectivity index (χ2v) is 24.0. The zero-order valence-corrected chi connectivity index (χ0v) is 47.0. The molecule has 4 aliphatic heterocycles. The van der Waals surface area contributed by atoms with Gasteiger partial charge >= 0.3 is 12.0 Å². The number of urea groups is 1. The highest BCUT2D eigenvalue weighted by Gasteiger charge is 2.45. The molecule has 3 aromatic heterocycles. The van der Waals surface area contributed by atoms with Crippen molar-refractivity contribution in [2.24, 2.45) is 16.7 Å². The number of hydrazine groups is 1. The molecule has 0 saturated carbocycles. The quantitative estimate of drug-likeness (QED) is 0.131. The number of benzene rings is 1. The van der Waals surface area contributed by atoms with E-state index in [-0.39, 0.29) is 42.4 Å². The number of nitrogens with zero attached hydrogens (tertiary/aromatic N) is 8. The predicted octanol–water partition coefficient (Wildman–Crippen LogP) is 6.94. The molecule has 5 amide bonds. The fourth-order valence-corrected chi connectivity index (χ4v) is 12.0. The fraction of sp³-hybridized carbons (Fsp3) is 0.596. The molecular weight excluding hydrogens is 969 g/mol. The molecule has 404 valence electrons. The highest BCUT2D eigenvalue weighted by Crippen LogP contribution is 2.43. The Labute approximate surface area is 447 Å². The number of esters is 1. The van der Waals surface area contributed by atoms with E-state index in [0.717, 1.165) is 63.9 Å². The Balaban J connectivity index is 1.05. The van der Waals surface area contributed by atoms with E-state index in [2.05, 4.69) is 72.2 Å². The third-order valence-corrected chi connectivity index (χ3v) is 17.1. The summed E-state index contributed by atoms with van der Waals surface area (Å²) >= 11 is 1.42. The minimum absolute atomic E-state index is 0.0806. The van der Waals surface area contributed by atoms with Gasteiger partial charge in [-0.1, -0.05) is 39.7 Å².